The lowest BCUT2D eigenvalue weighted by atomic mass is 10.2. The highest BCUT2D eigenvalue weighted by Crippen LogP contribution is 2.20. The highest BCUT2D eigenvalue weighted by molar-refractivity contribution is 5.92. The number of primary amides is 1. The second kappa shape index (κ2) is 5.80. The molecule has 0 aliphatic heterocycles. The van der Waals surface area contributed by atoms with Crippen molar-refractivity contribution in [2.75, 3.05) is 12.5 Å². The Morgan fingerprint density at radius 1 is 1.15 bits per heavy atom. The van der Waals surface area contributed by atoms with E-state index in [2.05, 4.69) is 20.4 Å². The second-order valence-electron chi connectivity index (χ2n) is 3.56. The smallest absolute Gasteiger partial charge is 0.330 e. The summed E-state index contributed by atoms with van der Waals surface area (Å²) < 4.78 is 10.3. The Labute approximate surface area is 113 Å². The molecule has 2 aromatic rings. The third kappa shape index (κ3) is 3.09. The molecule has 9 heteroatoms. The van der Waals surface area contributed by atoms with Crippen LogP contribution in [0.25, 0.3) is 0 Å². The minimum Gasteiger partial charge on any atom is -0.467 e. The van der Waals surface area contributed by atoms with E-state index in [0.29, 0.717) is 11.3 Å². The summed E-state index contributed by atoms with van der Waals surface area (Å²) in [6, 6.07) is 6.22. The number of nitrogen functional groups attached to an aromatic ring is 1. The van der Waals surface area contributed by atoms with Crippen LogP contribution in [-0.4, -0.2) is 28.0 Å². The summed E-state index contributed by atoms with van der Waals surface area (Å²) >= 11 is 0. The van der Waals surface area contributed by atoms with E-state index in [4.69, 9.17) is 21.1 Å². The van der Waals surface area contributed by atoms with Crippen molar-refractivity contribution in [1.82, 2.24) is 15.0 Å². The molecule has 0 saturated heterocycles. The van der Waals surface area contributed by atoms with Crippen LogP contribution in [0.4, 0.5) is 5.95 Å². The van der Waals surface area contributed by atoms with Crippen molar-refractivity contribution >= 4 is 11.9 Å². The molecular formula is C11H12N6O3. The summed E-state index contributed by atoms with van der Waals surface area (Å²) in [7, 11) is 1.40. The van der Waals surface area contributed by atoms with E-state index in [1.807, 2.05) is 0 Å². The molecule has 0 radical (unpaired) electrons. The van der Waals surface area contributed by atoms with Gasteiger partial charge >= 0.3 is 12.0 Å². The molecule has 0 aliphatic carbocycles. The Kier molecular flexibility index (Phi) is 3.91. The molecule has 0 spiro atoms. The maximum Gasteiger partial charge on any atom is 0.330 e. The van der Waals surface area contributed by atoms with Crippen molar-refractivity contribution in [1.29, 1.82) is 0 Å². The van der Waals surface area contributed by atoms with Crippen LogP contribution in [0.3, 0.4) is 0 Å². The van der Waals surface area contributed by atoms with Gasteiger partial charge in [0.25, 0.3) is 0 Å². The number of nitrogens with two attached hydrogens (primary N) is 2. The Hall–Kier alpha value is -2.94. The van der Waals surface area contributed by atoms with Crippen molar-refractivity contribution in [3.63, 3.8) is 0 Å². The lowest BCUT2D eigenvalue weighted by Gasteiger charge is -2.07. The number of anilines is 1. The topological polar surface area (TPSA) is 138 Å². The van der Waals surface area contributed by atoms with Crippen molar-refractivity contribution in [2.24, 2.45) is 11.6 Å². The average Bonchev–Trinajstić information content (AvgIpc) is 2.47. The Balaban J connectivity index is 2.22. The molecule has 0 saturated carbocycles. The molecule has 104 valence electrons. The zero-order valence-electron chi connectivity index (χ0n) is 10.5. The van der Waals surface area contributed by atoms with Gasteiger partial charge in [-0.3, -0.25) is 10.2 Å². The number of nitrogens with one attached hydrogen (secondary N) is 1. The number of carbonyl (C=O) groups excluding carboxylic acids is 1. The van der Waals surface area contributed by atoms with Crippen LogP contribution < -0.4 is 26.5 Å². The maximum atomic E-state index is 10.9. The van der Waals surface area contributed by atoms with Gasteiger partial charge in [0.15, 0.2) is 0 Å². The molecule has 0 bridgehead atoms. The summed E-state index contributed by atoms with van der Waals surface area (Å²) in [6.07, 6.45) is 0. The first kappa shape index (κ1) is 13.5. The zero-order valence-corrected chi connectivity index (χ0v) is 10.5. The molecule has 0 fully saturated rings. The van der Waals surface area contributed by atoms with Crippen LogP contribution in [-0.2, 0) is 0 Å². The molecule has 1 amide bonds. The summed E-state index contributed by atoms with van der Waals surface area (Å²) in [6.45, 7) is 0. The van der Waals surface area contributed by atoms with Gasteiger partial charge in [-0.05, 0) is 24.3 Å². The minimum absolute atomic E-state index is 0.00312. The molecule has 0 aliphatic rings. The molecule has 1 aromatic carbocycles. The van der Waals surface area contributed by atoms with Crippen molar-refractivity contribution < 1.29 is 14.3 Å². The number of carbonyl (C=O) groups is 1. The number of amides is 1. The molecular weight excluding hydrogens is 264 g/mol. The number of hydrazine groups is 1. The number of ether oxygens (including phenoxy) is 2. The fraction of sp³-hybridized carbons (Fsp3) is 0.0909. The maximum absolute atomic E-state index is 10.9. The number of aromatic nitrogens is 3. The van der Waals surface area contributed by atoms with E-state index in [1.54, 1.807) is 12.1 Å². The Morgan fingerprint density at radius 3 is 2.35 bits per heavy atom. The van der Waals surface area contributed by atoms with E-state index < -0.39 is 5.91 Å². The summed E-state index contributed by atoms with van der Waals surface area (Å²) in [5, 5.41) is 0. The minimum atomic E-state index is -0.520. The van der Waals surface area contributed by atoms with Crippen LogP contribution in [0.15, 0.2) is 24.3 Å². The number of nitrogens with zero attached hydrogens (tertiary/aromatic N) is 3. The first-order chi connectivity index (χ1) is 9.62. The molecule has 9 nitrogen and oxygen atoms in total. The second-order valence-corrected chi connectivity index (χ2v) is 3.56. The third-order valence-electron chi connectivity index (χ3n) is 2.25. The first-order valence-corrected chi connectivity index (χ1v) is 5.47. The summed E-state index contributed by atoms with van der Waals surface area (Å²) in [4.78, 5) is 22.6. The standard InChI is InChI=1S/C11H12N6O3/c1-19-10-14-9(17-13)15-11(16-10)20-7-4-2-6(3-5-7)8(12)18/h2-5H,13H2,1H3,(H2,12,18)(H,14,15,16,17). The van der Waals surface area contributed by atoms with Gasteiger partial charge in [-0.15, -0.1) is 4.98 Å². The number of methoxy groups -OCH3 is 1. The highest BCUT2D eigenvalue weighted by atomic mass is 16.5. The molecule has 20 heavy (non-hydrogen) atoms. The lowest BCUT2D eigenvalue weighted by molar-refractivity contribution is 0.100. The van der Waals surface area contributed by atoms with Gasteiger partial charge in [-0.2, -0.15) is 9.97 Å². The quantitative estimate of drug-likeness (QED) is 0.514. The van der Waals surface area contributed by atoms with Gasteiger partial charge in [-0.1, -0.05) is 0 Å². The van der Waals surface area contributed by atoms with Crippen LogP contribution in [0.2, 0.25) is 0 Å². The molecule has 5 N–H and O–H groups in total. The van der Waals surface area contributed by atoms with Gasteiger partial charge in [-0.25, -0.2) is 5.84 Å². The predicted molar refractivity (Wildman–Crippen MR) is 69.2 cm³/mol. The zero-order chi connectivity index (χ0) is 14.5. The van der Waals surface area contributed by atoms with Crippen LogP contribution in [0.5, 0.6) is 17.8 Å². The van der Waals surface area contributed by atoms with Gasteiger partial charge in [0.1, 0.15) is 5.75 Å². The molecule has 0 atom stereocenters. The SMILES string of the molecule is COc1nc(NN)nc(Oc2ccc(C(N)=O)cc2)n1. The average molecular weight is 276 g/mol. The highest BCUT2D eigenvalue weighted by Gasteiger charge is 2.08. The fourth-order valence-electron chi connectivity index (χ4n) is 1.33. The molecule has 2 rings (SSSR count). The molecule has 1 heterocycles. The first-order valence-electron chi connectivity index (χ1n) is 5.47. The normalized spacial score (nSPS) is 9.90. The fourth-order valence-corrected chi connectivity index (χ4v) is 1.33. The number of hydrogen-bond acceptors (Lipinski definition) is 8. The number of rotatable bonds is 5. The van der Waals surface area contributed by atoms with Gasteiger partial charge in [0, 0.05) is 5.56 Å². The van der Waals surface area contributed by atoms with E-state index in [-0.39, 0.29) is 18.0 Å². The van der Waals surface area contributed by atoms with E-state index in [9.17, 15) is 4.79 Å². The lowest BCUT2D eigenvalue weighted by Crippen LogP contribution is -2.12. The third-order valence-corrected chi connectivity index (χ3v) is 2.25. The van der Waals surface area contributed by atoms with Crippen molar-refractivity contribution in [3.8, 4) is 17.8 Å². The largest absolute Gasteiger partial charge is 0.467 e. The number of benzene rings is 1. The van der Waals surface area contributed by atoms with Crippen LogP contribution in [0.1, 0.15) is 10.4 Å². The number of hydrogen-bond donors (Lipinski definition) is 3. The van der Waals surface area contributed by atoms with Crippen molar-refractivity contribution in [2.45, 2.75) is 0 Å². The molecule has 1 aromatic heterocycles. The molecule has 0 unspecified atom stereocenters. The monoisotopic (exact) mass is 276 g/mol. The Morgan fingerprint density at radius 2 is 1.80 bits per heavy atom. The van der Waals surface area contributed by atoms with E-state index >= 15 is 0 Å². The van der Waals surface area contributed by atoms with Gasteiger partial charge in [0.2, 0.25) is 11.9 Å². The van der Waals surface area contributed by atoms with E-state index in [0.717, 1.165) is 0 Å². The van der Waals surface area contributed by atoms with E-state index in [1.165, 1.54) is 19.2 Å². The summed E-state index contributed by atoms with van der Waals surface area (Å²) in [5.74, 6) is 5.22. The van der Waals surface area contributed by atoms with Gasteiger partial charge in [0.05, 0.1) is 7.11 Å². The Bertz CT molecular complexity index is 594. The van der Waals surface area contributed by atoms with Crippen LogP contribution >= 0.6 is 0 Å². The van der Waals surface area contributed by atoms with Crippen LogP contribution in [0, 0.1) is 0 Å². The van der Waals surface area contributed by atoms with Gasteiger partial charge < -0.3 is 15.2 Å². The van der Waals surface area contributed by atoms with Crippen molar-refractivity contribution in [3.05, 3.63) is 29.8 Å². The summed E-state index contributed by atoms with van der Waals surface area (Å²) in [5.41, 5.74) is 7.78. The predicted octanol–water partition coefficient (Wildman–Crippen LogP) is 0.0570.